The lowest BCUT2D eigenvalue weighted by atomic mass is 10.3. The zero-order valence-corrected chi connectivity index (χ0v) is 7.41. The van der Waals surface area contributed by atoms with Gasteiger partial charge in [0, 0.05) is 0 Å². The molecule has 1 aromatic rings. The van der Waals surface area contributed by atoms with E-state index in [1.807, 2.05) is 0 Å². The summed E-state index contributed by atoms with van der Waals surface area (Å²) >= 11 is 0. The van der Waals surface area contributed by atoms with Gasteiger partial charge < -0.3 is 19.9 Å². The van der Waals surface area contributed by atoms with E-state index in [-0.39, 0.29) is 11.7 Å². The summed E-state index contributed by atoms with van der Waals surface area (Å²) in [6, 6.07) is -0.333. The van der Waals surface area contributed by atoms with Crippen LogP contribution in [0.1, 0.15) is 10.5 Å². The standard InChI is InChI=1S/C7H8F2N2O4/c8-7(9,3-12)2-10-6-11-4(1-15-6)5(13)14/h1,12H,2-3H2,(H,10,11)(H,13,14). The van der Waals surface area contributed by atoms with Gasteiger partial charge in [-0.25, -0.2) is 13.6 Å². The molecule has 0 amide bonds. The predicted molar refractivity (Wildman–Crippen MR) is 44.0 cm³/mol. The van der Waals surface area contributed by atoms with Gasteiger partial charge in [0.15, 0.2) is 5.69 Å². The van der Waals surface area contributed by atoms with Crippen molar-refractivity contribution in [1.29, 1.82) is 0 Å². The smallest absolute Gasteiger partial charge is 0.357 e. The van der Waals surface area contributed by atoms with Gasteiger partial charge in [-0.05, 0) is 0 Å². The topological polar surface area (TPSA) is 95.6 Å². The number of carboxylic acid groups (broad SMARTS) is 1. The Hall–Kier alpha value is -1.70. The van der Waals surface area contributed by atoms with Crippen molar-refractivity contribution in [1.82, 2.24) is 4.98 Å². The van der Waals surface area contributed by atoms with Crippen molar-refractivity contribution in [3.63, 3.8) is 0 Å². The minimum atomic E-state index is -3.31. The molecule has 1 heterocycles. The van der Waals surface area contributed by atoms with E-state index in [0.717, 1.165) is 6.26 Å². The van der Waals surface area contributed by atoms with Gasteiger partial charge in [0.25, 0.3) is 11.9 Å². The number of aromatic nitrogens is 1. The monoisotopic (exact) mass is 222 g/mol. The molecule has 0 aliphatic carbocycles. The molecular formula is C7H8F2N2O4. The second-order valence-corrected chi connectivity index (χ2v) is 2.71. The number of anilines is 1. The molecule has 84 valence electrons. The molecule has 6 nitrogen and oxygen atoms in total. The molecule has 0 radical (unpaired) electrons. The van der Waals surface area contributed by atoms with Gasteiger partial charge in [-0.1, -0.05) is 0 Å². The molecule has 0 aromatic carbocycles. The number of hydrogen-bond donors (Lipinski definition) is 3. The van der Waals surface area contributed by atoms with Gasteiger partial charge >= 0.3 is 5.97 Å². The van der Waals surface area contributed by atoms with Crippen LogP contribution in [0.25, 0.3) is 0 Å². The molecule has 8 heteroatoms. The fourth-order valence-corrected chi connectivity index (χ4v) is 0.714. The van der Waals surface area contributed by atoms with Gasteiger partial charge in [0.1, 0.15) is 12.9 Å². The van der Waals surface area contributed by atoms with Gasteiger partial charge in [-0.3, -0.25) is 0 Å². The van der Waals surface area contributed by atoms with Crippen molar-refractivity contribution in [3.8, 4) is 0 Å². The van der Waals surface area contributed by atoms with E-state index >= 15 is 0 Å². The first-order chi connectivity index (χ1) is 6.94. The minimum Gasteiger partial charge on any atom is -0.476 e. The highest BCUT2D eigenvalue weighted by Crippen LogP contribution is 2.14. The van der Waals surface area contributed by atoms with E-state index in [1.165, 1.54) is 0 Å². The van der Waals surface area contributed by atoms with Gasteiger partial charge in [0.05, 0.1) is 6.54 Å². The van der Waals surface area contributed by atoms with Gasteiger partial charge in [-0.2, -0.15) is 4.98 Å². The number of oxazole rings is 1. The molecule has 0 bridgehead atoms. The third kappa shape index (κ3) is 3.17. The highest BCUT2D eigenvalue weighted by Gasteiger charge is 2.28. The third-order valence-electron chi connectivity index (χ3n) is 1.45. The number of halogens is 2. The number of aromatic carboxylic acids is 1. The van der Waals surface area contributed by atoms with E-state index in [2.05, 4.69) is 14.7 Å². The predicted octanol–water partition coefficient (Wildman–Crippen LogP) is 0.412. The molecule has 0 atom stereocenters. The molecule has 0 unspecified atom stereocenters. The molecular weight excluding hydrogens is 214 g/mol. The lowest BCUT2D eigenvalue weighted by Crippen LogP contribution is -2.31. The average Bonchev–Trinajstić information content (AvgIpc) is 2.63. The largest absolute Gasteiger partial charge is 0.476 e. The Kier molecular flexibility index (Phi) is 3.20. The zero-order valence-electron chi connectivity index (χ0n) is 7.41. The van der Waals surface area contributed by atoms with Crippen LogP contribution in [0.4, 0.5) is 14.8 Å². The van der Waals surface area contributed by atoms with Crippen LogP contribution >= 0.6 is 0 Å². The van der Waals surface area contributed by atoms with Crippen LogP contribution in [0.3, 0.4) is 0 Å². The fourth-order valence-electron chi connectivity index (χ4n) is 0.714. The number of nitrogens with one attached hydrogen (secondary N) is 1. The van der Waals surface area contributed by atoms with E-state index in [4.69, 9.17) is 10.2 Å². The van der Waals surface area contributed by atoms with Crippen LogP contribution in [0.2, 0.25) is 0 Å². The maximum absolute atomic E-state index is 12.5. The van der Waals surface area contributed by atoms with E-state index in [1.54, 1.807) is 0 Å². The molecule has 1 rings (SSSR count). The quantitative estimate of drug-likeness (QED) is 0.667. The Morgan fingerprint density at radius 2 is 2.33 bits per heavy atom. The Morgan fingerprint density at radius 1 is 1.67 bits per heavy atom. The summed E-state index contributed by atoms with van der Waals surface area (Å²) in [5, 5.41) is 18.7. The number of nitrogens with zero attached hydrogens (tertiary/aromatic N) is 1. The molecule has 0 saturated carbocycles. The summed E-state index contributed by atoms with van der Waals surface area (Å²) in [5.74, 6) is -4.63. The lowest BCUT2D eigenvalue weighted by molar-refractivity contribution is -0.0376. The fraction of sp³-hybridized carbons (Fsp3) is 0.429. The van der Waals surface area contributed by atoms with Crippen molar-refractivity contribution in [3.05, 3.63) is 12.0 Å². The summed E-state index contributed by atoms with van der Waals surface area (Å²) in [4.78, 5) is 13.7. The van der Waals surface area contributed by atoms with Crippen molar-refractivity contribution in [2.45, 2.75) is 5.92 Å². The van der Waals surface area contributed by atoms with Crippen LogP contribution in [-0.2, 0) is 0 Å². The van der Waals surface area contributed by atoms with E-state index < -0.39 is 25.0 Å². The Morgan fingerprint density at radius 3 is 2.80 bits per heavy atom. The number of aliphatic hydroxyl groups is 1. The first-order valence-electron chi connectivity index (χ1n) is 3.86. The molecule has 0 aliphatic heterocycles. The molecule has 3 N–H and O–H groups in total. The zero-order chi connectivity index (χ0) is 11.5. The Bertz CT molecular complexity index is 353. The molecule has 0 aliphatic rings. The number of rotatable bonds is 5. The number of alkyl halides is 2. The number of aliphatic hydroxyl groups excluding tert-OH is 1. The maximum Gasteiger partial charge on any atom is 0.357 e. The van der Waals surface area contributed by atoms with Gasteiger partial charge in [0.2, 0.25) is 0 Å². The number of carboxylic acids is 1. The lowest BCUT2D eigenvalue weighted by Gasteiger charge is -2.12. The molecule has 0 saturated heterocycles. The summed E-state index contributed by atoms with van der Waals surface area (Å²) < 4.78 is 29.6. The average molecular weight is 222 g/mol. The van der Waals surface area contributed by atoms with Crippen LogP contribution < -0.4 is 5.32 Å². The molecule has 0 spiro atoms. The van der Waals surface area contributed by atoms with Crippen LogP contribution in [-0.4, -0.2) is 40.2 Å². The summed E-state index contributed by atoms with van der Waals surface area (Å²) in [6.07, 6.45) is 0.821. The number of hydrogen-bond acceptors (Lipinski definition) is 5. The van der Waals surface area contributed by atoms with E-state index in [0.29, 0.717) is 0 Å². The van der Waals surface area contributed by atoms with Gasteiger partial charge in [-0.15, -0.1) is 0 Å². The van der Waals surface area contributed by atoms with Crippen molar-refractivity contribution >= 4 is 12.0 Å². The molecule has 15 heavy (non-hydrogen) atoms. The maximum atomic E-state index is 12.5. The normalized spacial score (nSPS) is 11.4. The third-order valence-corrected chi connectivity index (χ3v) is 1.45. The van der Waals surface area contributed by atoms with Crippen LogP contribution in [0.15, 0.2) is 10.7 Å². The highest BCUT2D eigenvalue weighted by atomic mass is 19.3. The van der Waals surface area contributed by atoms with Crippen molar-refractivity contribution < 1.29 is 28.2 Å². The first kappa shape index (κ1) is 11.4. The Labute approximate surface area is 82.5 Å². The second kappa shape index (κ2) is 4.22. The van der Waals surface area contributed by atoms with Crippen molar-refractivity contribution in [2.75, 3.05) is 18.5 Å². The minimum absolute atomic E-state index is 0.333. The van der Waals surface area contributed by atoms with Crippen LogP contribution in [0, 0.1) is 0 Å². The Balaban J connectivity index is 2.55. The van der Waals surface area contributed by atoms with E-state index in [9.17, 15) is 13.6 Å². The summed E-state index contributed by atoms with van der Waals surface area (Å²) in [5.41, 5.74) is -0.384. The first-order valence-corrected chi connectivity index (χ1v) is 3.86. The van der Waals surface area contributed by atoms with Crippen molar-refractivity contribution in [2.24, 2.45) is 0 Å². The van der Waals surface area contributed by atoms with Crippen LogP contribution in [0.5, 0.6) is 0 Å². The molecule has 1 aromatic heterocycles. The summed E-state index contributed by atoms with van der Waals surface area (Å²) in [7, 11) is 0. The number of carbonyl (C=O) groups is 1. The molecule has 0 fully saturated rings. The summed E-state index contributed by atoms with van der Waals surface area (Å²) in [6.45, 7) is -2.20. The second-order valence-electron chi connectivity index (χ2n) is 2.71. The highest BCUT2D eigenvalue weighted by molar-refractivity contribution is 5.85. The SMILES string of the molecule is O=C(O)c1coc(NCC(F)(F)CO)n1.